The summed E-state index contributed by atoms with van der Waals surface area (Å²) in [5, 5.41) is 17.8. The van der Waals surface area contributed by atoms with E-state index in [2.05, 4.69) is 0 Å². The summed E-state index contributed by atoms with van der Waals surface area (Å²) in [6, 6.07) is 4.53. The van der Waals surface area contributed by atoms with Crippen LogP contribution in [0.15, 0.2) is 24.3 Å². The molecule has 1 aromatic carbocycles. The average molecular weight is 235 g/mol. The number of fused-ring (bicyclic) bond motifs is 1. The van der Waals surface area contributed by atoms with Crippen LogP contribution in [0.25, 0.3) is 0 Å². The third-order valence-electron chi connectivity index (χ3n) is 2.60. The number of imide groups is 1. The smallest absolute Gasteiger partial charge is 0.329 e. The number of hydrogen-bond acceptors (Lipinski definition) is 4. The van der Waals surface area contributed by atoms with Gasteiger partial charge in [-0.25, -0.2) is 4.79 Å². The number of carboxylic acid groups (broad SMARTS) is 1. The lowest BCUT2D eigenvalue weighted by molar-refractivity contribution is -0.142. The zero-order valence-corrected chi connectivity index (χ0v) is 8.66. The predicted molar refractivity (Wildman–Crippen MR) is 55.5 cm³/mol. The van der Waals surface area contributed by atoms with Crippen LogP contribution in [0.2, 0.25) is 0 Å². The number of carbonyl (C=O) groups is 3. The molecule has 0 saturated carbocycles. The molecule has 0 unspecified atom stereocenters. The molecule has 1 aliphatic heterocycles. The maximum atomic E-state index is 11.8. The molecular weight excluding hydrogens is 226 g/mol. The maximum Gasteiger partial charge on any atom is 0.329 e. The molecule has 1 aliphatic rings. The Hall–Kier alpha value is -2.21. The van der Waals surface area contributed by atoms with Crippen molar-refractivity contribution in [2.75, 3.05) is 6.61 Å². The Kier molecular flexibility index (Phi) is 2.64. The second-order valence-corrected chi connectivity index (χ2v) is 3.56. The summed E-state index contributed by atoms with van der Waals surface area (Å²) in [7, 11) is 0. The van der Waals surface area contributed by atoms with Crippen molar-refractivity contribution >= 4 is 17.8 Å². The molecule has 0 saturated heterocycles. The van der Waals surface area contributed by atoms with E-state index in [0.29, 0.717) is 4.90 Å². The highest BCUT2D eigenvalue weighted by molar-refractivity contribution is 6.22. The van der Waals surface area contributed by atoms with E-state index in [-0.39, 0.29) is 11.1 Å². The fraction of sp³-hybridized carbons (Fsp3) is 0.182. The first-order valence-electron chi connectivity index (χ1n) is 4.88. The van der Waals surface area contributed by atoms with Gasteiger partial charge in [0.1, 0.15) is 0 Å². The number of nitrogens with zero attached hydrogens (tertiary/aromatic N) is 1. The van der Waals surface area contributed by atoms with E-state index in [0.717, 1.165) is 0 Å². The maximum absolute atomic E-state index is 11.8. The van der Waals surface area contributed by atoms with Crippen LogP contribution in [0, 0.1) is 0 Å². The molecule has 0 bridgehead atoms. The van der Waals surface area contributed by atoms with Crippen LogP contribution in [0.5, 0.6) is 0 Å². The summed E-state index contributed by atoms with van der Waals surface area (Å²) < 4.78 is 0. The quantitative estimate of drug-likeness (QED) is 0.703. The normalized spacial score (nSPS) is 15.9. The Balaban J connectivity index is 2.46. The van der Waals surface area contributed by atoms with Crippen LogP contribution in [-0.4, -0.2) is 45.5 Å². The summed E-state index contributed by atoms with van der Waals surface area (Å²) in [5.74, 6) is -2.79. The van der Waals surface area contributed by atoms with Crippen LogP contribution in [0.3, 0.4) is 0 Å². The molecule has 0 spiro atoms. The summed E-state index contributed by atoms with van der Waals surface area (Å²) in [6.07, 6.45) is 0. The van der Waals surface area contributed by atoms with Crippen LogP contribution in [0.1, 0.15) is 20.7 Å². The van der Waals surface area contributed by atoms with Crippen molar-refractivity contribution in [3.63, 3.8) is 0 Å². The first-order chi connectivity index (χ1) is 8.07. The number of hydrogen-bond donors (Lipinski definition) is 2. The number of rotatable bonds is 3. The summed E-state index contributed by atoms with van der Waals surface area (Å²) >= 11 is 0. The van der Waals surface area contributed by atoms with Crippen molar-refractivity contribution in [2.24, 2.45) is 0 Å². The first-order valence-corrected chi connectivity index (χ1v) is 4.88. The number of benzene rings is 1. The highest BCUT2D eigenvalue weighted by Crippen LogP contribution is 2.24. The lowest BCUT2D eigenvalue weighted by Crippen LogP contribution is -2.47. The van der Waals surface area contributed by atoms with Gasteiger partial charge in [-0.15, -0.1) is 0 Å². The minimum atomic E-state index is -1.54. The van der Waals surface area contributed by atoms with Gasteiger partial charge in [-0.1, -0.05) is 12.1 Å². The fourth-order valence-corrected chi connectivity index (χ4v) is 1.76. The number of aliphatic hydroxyl groups excluding tert-OH is 1. The topological polar surface area (TPSA) is 94.9 Å². The van der Waals surface area contributed by atoms with Gasteiger partial charge in [0.25, 0.3) is 11.8 Å². The fourth-order valence-electron chi connectivity index (χ4n) is 1.76. The number of carboxylic acids is 1. The van der Waals surface area contributed by atoms with Crippen molar-refractivity contribution in [3.05, 3.63) is 35.4 Å². The van der Waals surface area contributed by atoms with Gasteiger partial charge < -0.3 is 10.2 Å². The monoisotopic (exact) mass is 235 g/mol. The molecule has 0 aliphatic carbocycles. The lowest BCUT2D eigenvalue weighted by atomic mass is 10.1. The second kappa shape index (κ2) is 3.99. The molecule has 1 aromatic rings. The van der Waals surface area contributed by atoms with Crippen LogP contribution >= 0.6 is 0 Å². The van der Waals surface area contributed by atoms with Crippen molar-refractivity contribution < 1.29 is 24.6 Å². The molecule has 2 amide bonds. The van der Waals surface area contributed by atoms with Gasteiger partial charge in [0, 0.05) is 0 Å². The molecule has 2 N–H and O–H groups in total. The van der Waals surface area contributed by atoms with Crippen LogP contribution < -0.4 is 0 Å². The Morgan fingerprint density at radius 1 is 1.18 bits per heavy atom. The van der Waals surface area contributed by atoms with Crippen molar-refractivity contribution in [2.45, 2.75) is 6.04 Å². The van der Waals surface area contributed by atoms with E-state index >= 15 is 0 Å². The molecule has 0 fully saturated rings. The van der Waals surface area contributed by atoms with Crippen molar-refractivity contribution in [1.82, 2.24) is 4.90 Å². The lowest BCUT2D eigenvalue weighted by Gasteiger charge is -2.20. The number of amides is 2. The van der Waals surface area contributed by atoms with E-state index in [9.17, 15) is 14.4 Å². The Morgan fingerprint density at radius 3 is 2.00 bits per heavy atom. The predicted octanol–water partition coefficient (Wildman–Crippen LogP) is -0.272. The van der Waals surface area contributed by atoms with Gasteiger partial charge in [-0.05, 0) is 12.1 Å². The molecule has 6 nitrogen and oxygen atoms in total. The molecule has 2 rings (SSSR count). The summed E-state index contributed by atoms with van der Waals surface area (Å²) in [5.41, 5.74) is 0.328. The van der Waals surface area contributed by atoms with Crippen LogP contribution in [0.4, 0.5) is 0 Å². The Bertz CT molecular complexity index is 475. The minimum Gasteiger partial charge on any atom is -0.480 e. The highest BCUT2D eigenvalue weighted by Gasteiger charge is 2.42. The Morgan fingerprint density at radius 2 is 1.65 bits per heavy atom. The van der Waals surface area contributed by atoms with Gasteiger partial charge >= 0.3 is 5.97 Å². The molecule has 1 atom stereocenters. The Labute approximate surface area is 96.1 Å². The second-order valence-electron chi connectivity index (χ2n) is 3.56. The van der Waals surface area contributed by atoms with E-state index in [4.69, 9.17) is 10.2 Å². The molecule has 0 radical (unpaired) electrons. The summed E-state index contributed by atoms with van der Waals surface area (Å²) in [4.78, 5) is 35.1. The van der Waals surface area contributed by atoms with E-state index in [1.54, 1.807) is 12.1 Å². The SMILES string of the molecule is O=C(O)[C@H](CO)N1C(=O)c2ccccc2C1=O. The van der Waals surface area contributed by atoms with E-state index in [1.165, 1.54) is 12.1 Å². The van der Waals surface area contributed by atoms with Gasteiger partial charge in [0.2, 0.25) is 0 Å². The third-order valence-corrected chi connectivity index (χ3v) is 2.60. The zero-order chi connectivity index (χ0) is 12.6. The number of aliphatic carboxylic acids is 1. The molecule has 0 aromatic heterocycles. The molecule has 6 heteroatoms. The molecule has 17 heavy (non-hydrogen) atoms. The third kappa shape index (κ3) is 1.58. The largest absolute Gasteiger partial charge is 0.480 e. The van der Waals surface area contributed by atoms with Gasteiger partial charge in [0.15, 0.2) is 6.04 Å². The van der Waals surface area contributed by atoms with Gasteiger partial charge in [-0.3, -0.25) is 14.5 Å². The first kappa shape index (κ1) is 11.3. The van der Waals surface area contributed by atoms with Crippen molar-refractivity contribution in [1.29, 1.82) is 0 Å². The minimum absolute atomic E-state index is 0.164. The molecular formula is C11H9NO5. The standard InChI is InChI=1S/C11H9NO5/c13-5-8(11(16)17)12-9(14)6-3-1-2-4-7(6)10(12)15/h1-4,8,13H,5H2,(H,16,17)/t8-/m0/s1. The van der Waals surface area contributed by atoms with Crippen LogP contribution in [-0.2, 0) is 4.79 Å². The van der Waals surface area contributed by atoms with Gasteiger partial charge in [-0.2, -0.15) is 0 Å². The molecule has 1 heterocycles. The average Bonchev–Trinajstić information content (AvgIpc) is 2.56. The van der Waals surface area contributed by atoms with Gasteiger partial charge in [0.05, 0.1) is 17.7 Å². The summed E-state index contributed by atoms with van der Waals surface area (Å²) in [6.45, 7) is -0.805. The highest BCUT2D eigenvalue weighted by atomic mass is 16.4. The van der Waals surface area contributed by atoms with Crippen molar-refractivity contribution in [3.8, 4) is 0 Å². The van der Waals surface area contributed by atoms with E-state index < -0.39 is 30.4 Å². The number of carbonyl (C=O) groups excluding carboxylic acids is 2. The van der Waals surface area contributed by atoms with E-state index in [1.807, 2.05) is 0 Å². The molecule has 88 valence electrons. The zero-order valence-electron chi connectivity index (χ0n) is 8.66. The number of aliphatic hydroxyl groups is 1.